The molecule has 1 saturated carbocycles. The number of halogens is 1. The molecule has 0 aromatic heterocycles. The Bertz CT molecular complexity index is 316. The lowest BCUT2D eigenvalue weighted by Crippen LogP contribution is -2.27. The molecule has 0 unspecified atom stereocenters. The second kappa shape index (κ2) is 3.96. The molecular weight excluding hydrogens is 181 g/mol. The Labute approximate surface area is 82.8 Å². The predicted octanol–water partition coefficient (Wildman–Crippen LogP) is 2.15. The maximum absolute atomic E-state index is 12.8. The van der Waals surface area contributed by atoms with E-state index in [0.717, 1.165) is 24.9 Å². The van der Waals surface area contributed by atoms with Gasteiger partial charge in [0, 0.05) is 5.69 Å². The SMILES string of the molecule is O[C@H]1CCC[C@@H]1Nc1cccc(F)c1. The molecule has 76 valence electrons. The minimum absolute atomic E-state index is 0.0804. The van der Waals surface area contributed by atoms with E-state index in [1.807, 2.05) is 6.07 Å². The fourth-order valence-electron chi connectivity index (χ4n) is 1.90. The third kappa shape index (κ3) is 2.04. The van der Waals surface area contributed by atoms with Crippen molar-refractivity contribution >= 4 is 5.69 Å². The molecular formula is C11H14FNO. The zero-order valence-corrected chi connectivity index (χ0v) is 7.91. The summed E-state index contributed by atoms with van der Waals surface area (Å²) >= 11 is 0. The van der Waals surface area contributed by atoms with Crippen molar-refractivity contribution in [3.63, 3.8) is 0 Å². The van der Waals surface area contributed by atoms with E-state index in [1.165, 1.54) is 12.1 Å². The molecule has 1 aliphatic carbocycles. The van der Waals surface area contributed by atoms with Gasteiger partial charge in [-0.2, -0.15) is 0 Å². The number of hydrogen-bond donors (Lipinski definition) is 2. The van der Waals surface area contributed by atoms with Crippen LogP contribution in [0.25, 0.3) is 0 Å². The van der Waals surface area contributed by atoms with Crippen molar-refractivity contribution in [3.05, 3.63) is 30.1 Å². The molecule has 2 rings (SSSR count). The van der Waals surface area contributed by atoms with Gasteiger partial charge in [-0.25, -0.2) is 4.39 Å². The molecule has 0 bridgehead atoms. The Balaban J connectivity index is 2.03. The van der Waals surface area contributed by atoms with Crippen molar-refractivity contribution in [2.24, 2.45) is 0 Å². The van der Waals surface area contributed by atoms with Crippen molar-refractivity contribution in [1.82, 2.24) is 0 Å². The zero-order chi connectivity index (χ0) is 9.97. The third-order valence-electron chi connectivity index (χ3n) is 2.66. The molecule has 0 amide bonds. The summed E-state index contributed by atoms with van der Waals surface area (Å²) < 4.78 is 12.8. The van der Waals surface area contributed by atoms with Crippen molar-refractivity contribution in [2.75, 3.05) is 5.32 Å². The number of hydrogen-bond acceptors (Lipinski definition) is 2. The molecule has 3 heteroatoms. The largest absolute Gasteiger partial charge is 0.391 e. The minimum Gasteiger partial charge on any atom is -0.391 e. The molecule has 2 N–H and O–H groups in total. The number of anilines is 1. The lowest BCUT2D eigenvalue weighted by molar-refractivity contribution is 0.172. The number of benzene rings is 1. The standard InChI is InChI=1S/C11H14FNO/c12-8-3-1-4-9(7-8)13-10-5-2-6-11(10)14/h1,3-4,7,10-11,13-14H,2,5-6H2/t10-,11-/m0/s1. The van der Waals surface area contributed by atoms with Gasteiger partial charge >= 0.3 is 0 Å². The van der Waals surface area contributed by atoms with Gasteiger partial charge in [0.05, 0.1) is 12.1 Å². The normalized spacial score (nSPS) is 26.4. The van der Waals surface area contributed by atoms with E-state index in [9.17, 15) is 9.50 Å². The van der Waals surface area contributed by atoms with Crippen molar-refractivity contribution in [1.29, 1.82) is 0 Å². The topological polar surface area (TPSA) is 32.3 Å². The quantitative estimate of drug-likeness (QED) is 0.757. The highest BCUT2D eigenvalue weighted by Crippen LogP contribution is 2.23. The predicted molar refractivity (Wildman–Crippen MR) is 53.7 cm³/mol. The minimum atomic E-state index is -0.293. The van der Waals surface area contributed by atoms with Gasteiger partial charge in [-0.1, -0.05) is 6.07 Å². The number of aliphatic hydroxyl groups is 1. The van der Waals surface area contributed by atoms with Crippen molar-refractivity contribution in [2.45, 2.75) is 31.4 Å². The molecule has 1 aliphatic rings. The van der Waals surface area contributed by atoms with E-state index in [0.29, 0.717) is 0 Å². The average Bonchev–Trinajstić information content (AvgIpc) is 2.52. The van der Waals surface area contributed by atoms with E-state index in [4.69, 9.17) is 0 Å². The van der Waals surface area contributed by atoms with Crippen LogP contribution in [0, 0.1) is 5.82 Å². The summed E-state index contributed by atoms with van der Waals surface area (Å²) in [6, 6.07) is 6.42. The van der Waals surface area contributed by atoms with Crippen LogP contribution in [0.5, 0.6) is 0 Å². The molecule has 0 radical (unpaired) electrons. The number of aliphatic hydroxyl groups excluding tert-OH is 1. The van der Waals surface area contributed by atoms with Gasteiger partial charge in [0.2, 0.25) is 0 Å². The van der Waals surface area contributed by atoms with Crippen LogP contribution in [-0.2, 0) is 0 Å². The zero-order valence-electron chi connectivity index (χ0n) is 7.91. The van der Waals surface area contributed by atoms with Gasteiger partial charge in [0.1, 0.15) is 5.82 Å². The highest BCUT2D eigenvalue weighted by molar-refractivity contribution is 5.44. The first kappa shape index (κ1) is 9.46. The fraction of sp³-hybridized carbons (Fsp3) is 0.455. The van der Waals surface area contributed by atoms with Crippen molar-refractivity contribution < 1.29 is 9.50 Å². The van der Waals surface area contributed by atoms with Crippen LogP contribution < -0.4 is 5.32 Å². The molecule has 2 atom stereocenters. The van der Waals surface area contributed by atoms with Gasteiger partial charge in [-0.15, -0.1) is 0 Å². The second-order valence-electron chi connectivity index (χ2n) is 3.76. The first-order valence-corrected chi connectivity index (χ1v) is 4.96. The Morgan fingerprint density at radius 1 is 1.36 bits per heavy atom. The Morgan fingerprint density at radius 2 is 2.21 bits per heavy atom. The highest BCUT2D eigenvalue weighted by Gasteiger charge is 2.24. The molecule has 14 heavy (non-hydrogen) atoms. The molecule has 1 fully saturated rings. The van der Waals surface area contributed by atoms with Crippen LogP contribution in [-0.4, -0.2) is 17.3 Å². The van der Waals surface area contributed by atoms with Crippen LogP contribution in [0.4, 0.5) is 10.1 Å². The van der Waals surface area contributed by atoms with Crippen LogP contribution >= 0.6 is 0 Å². The van der Waals surface area contributed by atoms with E-state index >= 15 is 0 Å². The van der Waals surface area contributed by atoms with E-state index < -0.39 is 0 Å². The summed E-state index contributed by atoms with van der Waals surface area (Å²) in [5, 5.41) is 12.7. The Morgan fingerprint density at radius 3 is 2.86 bits per heavy atom. The fourth-order valence-corrected chi connectivity index (χ4v) is 1.90. The van der Waals surface area contributed by atoms with E-state index in [2.05, 4.69) is 5.32 Å². The molecule has 0 saturated heterocycles. The summed E-state index contributed by atoms with van der Waals surface area (Å²) in [7, 11) is 0. The average molecular weight is 195 g/mol. The van der Waals surface area contributed by atoms with Crippen LogP contribution in [0.3, 0.4) is 0 Å². The Kier molecular flexibility index (Phi) is 2.68. The van der Waals surface area contributed by atoms with Crippen LogP contribution in [0.2, 0.25) is 0 Å². The monoisotopic (exact) mass is 195 g/mol. The summed E-state index contributed by atoms with van der Waals surface area (Å²) in [6.07, 6.45) is 2.54. The van der Waals surface area contributed by atoms with Crippen molar-refractivity contribution in [3.8, 4) is 0 Å². The molecule has 2 nitrogen and oxygen atoms in total. The second-order valence-corrected chi connectivity index (χ2v) is 3.76. The lowest BCUT2D eigenvalue weighted by atomic mass is 10.2. The smallest absolute Gasteiger partial charge is 0.125 e. The van der Waals surface area contributed by atoms with Gasteiger partial charge in [-0.3, -0.25) is 0 Å². The summed E-state index contributed by atoms with van der Waals surface area (Å²) in [6.45, 7) is 0. The number of rotatable bonds is 2. The third-order valence-corrected chi connectivity index (χ3v) is 2.66. The highest BCUT2D eigenvalue weighted by atomic mass is 19.1. The summed E-state index contributed by atoms with van der Waals surface area (Å²) in [5.74, 6) is -0.248. The molecule has 0 spiro atoms. The van der Waals surface area contributed by atoms with E-state index in [-0.39, 0.29) is 18.0 Å². The lowest BCUT2D eigenvalue weighted by Gasteiger charge is -2.17. The maximum atomic E-state index is 12.8. The maximum Gasteiger partial charge on any atom is 0.125 e. The first-order valence-electron chi connectivity index (χ1n) is 4.96. The molecule has 0 aliphatic heterocycles. The summed E-state index contributed by atoms with van der Waals surface area (Å²) in [5.41, 5.74) is 0.746. The molecule has 0 heterocycles. The van der Waals surface area contributed by atoms with Gasteiger partial charge in [0.15, 0.2) is 0 Å². The molecule has 1 aromatic rings. The van der Waals surface area contributed by atoms with Gasteiger partial charge in [-0.05, 0) is 37.5 Å². The van der Waals surface area contributed by atoms with Gasteiger partial charge in [0.25, 0.3) is 0 Å². The van der Waals surface area contributed by atoms with Crippen LogP contribution in [0.15, 0.2) is 24.3 Å². The Hall–Kier alpha value is -1.09. The number of nitrogens with one attached hydrogen (secondary N) is 1. The first-order chi connectivity index (χ1) is 6.75. The van der Waals surface area contributed by atoms with E-state index in [1.54, 1.807) is 6.07 Å². The van der Waals surface area contributed by atoms with Crippen LogP contribution in [0.1, 0.15) is 19.3 Å². The van der Waals surface area contributed by atoms with Gasteiger partial charge < -0.3 is 10.4 Å². The summed E-state index contributed by atoms with van der Waals surface area (Å²) in [4.78, 5) is 0. The molecule has 1 aromatic carbocycles.